The Morgan fingerprint density at radius 1 is 1.12 bits per heavy atom. The molecule has 0 aromatic heterocycles. The summed E-state index contributed by atoms with van der Waals surface area (Å²) < 4.78 is 0. The van der Waals surface area contributed by atoms with Gasteiger partial charge in [-0.15, -0.1) is 0 Å². The number of hydrogen-bond acceptors (Lipinski definition) is 2. The van der Waals surface area contributed by atoms with Gasteiger partial charge in [0.25, 0.3) is 0 Å². The van der Waals surface area contributed by atoms with Crippen LogP contribution in [0.2, 0.25) is 0 Å². The molecule has 1 saturated carbocycles. The van der Waals surface area contributed by atoms with Crippen molar-refractivity contribution in [1.82, 2.24) is 0 Å². The van der Waals surface area contributed by atoms with Crippen molar-refractivity contribution in [2.45, 2.75) is 6.42 Å². The predicted octanol–water partition coefficient (Wildman–Crippen LogP) is 1.15. The third-order valence-corrected chi connectivity index (χ3v) is 4.23. The molecule has 3 aliphatic rings. The molecule has 3 rings (SSSR count). The molecule has 16 heavy (non-hydrogen) atoms. The van der Waals surface area contributed by atoms with Crippen molar-refractivity contribution < 1.29 is 19.8 Å². The minimum absolute atomic E-state index is 0.00403. The summed E-state index contributed by atoms with van der Waals surface area (Å²) in [6, 6.07) is 0. The number of carboxylic acids is 2. The molecular formula is C12H12O4. The molecule has 1 fully saturated rings. The number of hydrogen-bond donors (Lipinski definition) is 2. The van der Waals surface area contributed by atoms with E-state index in [0.717, 1.165) is 0 Å². The number of allylic oxidation sites excluding steroid dienone is 3. The van der Waals surface area contributed by atoms with E-state index in [9.17, 15) is 9.59 Å². The highest BCUT2D eigenvalue weighted by molar-refractivity contribution is 5.87. The van der Waals surface area contributed by atoms with Gasteiger partial charge in [-0.05, 0) is 30.1 Å². The summed E-state index contributed by atoms with van der Waals surface area (Å²) in [5.41, 5.74) is 0.456. The number of aliphatic carboxylic acids is 2. The highest BCUT2D eigenvalue weighted by Gasteiger charge is 2.56. The molecule has 5 atom stereocenters. The summed E-state index contributed by atoms with van der Waals surface area (Å²) in [6.07, 6.45) is 6.21. The molecule has 5 unspecified atom stereocenters. The van der Waals surface area contributed by atoms with E-state index in [4.69, 9.17) is 10.2 Å². The van der Waals surface area contributed by atoms with E-state index in [0.29, 0.717) is 12.0 Å². The lowest BCUT2D eigenvalue weighted by Gasteiger charge is -2.18. The van der Waals surface area contributed by atoms with Crippen LogP contribution in [0.4, 0.5) is 0 Å². The Hall–Kier alpha value is -1.58. The Morgan fingerprint density at radius 2 is 1.81 bits per heavy atom. The first-order chi connectivity index (χ1) is 7.59. The first kappa shape index (κ1) is 9.63. The van der Waals surface area contributed by atoms with Crippen LogP contribution in [0.1, 0.15) is 6.42 Å². The van der Waals surface area contributed by atoms with Crippen LogP contribution < -0.4 is 0 Å². The van der Waals surface area contributed by atoms with Crippen molar-refractivity contribution in [3.63, 3.8) is 0 Å². The summed E-state index contributed by atoms with van der Waals surface area (Å²) in [7, 11) is 0. The predicted molar refractivity (Wildman–Crippen MR) is 54.6 cm³/mol. The van der Waals surface area contributed by atoms with Crippen LogP contribution in [-0.4, -0.2) is 22.2 Å². The van der Waals surface area contributed by atoms with E-state index in [2.05, 4.69) is 0 Å². The summed E-state index contributed by atoms with van der Waals surface area (Å²) in [5, 5.41) is 18.1. The molecule has 0 aliphatic heterocycles. The highest BCUT2D eigenvalue weighted by atomic mass is 16.4. The Morgan fingerprint density at radius 3 is 2.38 bits per heavy atom. The molecule has 0 spiro atoms. The lowest BCUT2D eigenvalue weighted by molar-refractivity contribution is -0.143. The SMILES string of the molecule is O=C(O)C1=CC2C3C=CC(C2C1)C3C(=O)O. The van der Waals surface area contributed by atoms with Gasteiger partial charge in [0, 0.05) is 5.57 Å². The summed E-state index contributed by atoms with van der Waals surface area (Å²) in [4.78, 5) is 22.0. The van der Waals surface area contributed by atoms with Gasteiger partial charge in [0.05, 0.1) is 5.92 Å². The molecule has 4 heteroatoms. The second-order valence-electron chi connectivity index (χ2n) is 4.85. The fourth-order valence-corrected chi connectivity index (χ4v) is 3.62. The van der Waals surface area contributed by atoms with Crippen molar-refractivity contribution in [2.24, 2.45) is 29.6 Å². The van der Waals surface area contributed by atoms with Crippen molar-refractivity contribution in [2.75, 3.05) is 0 Å². The van der Waals surface area contributed by atoms with Gasteiger partial charge >= 0.3 is 11.9 Å². The quantitative estimate of drug-likeness (QED) is 0.684. The molecule has 2 bridgehead atoms. The van der Waals surface area contributed by atoms with Gasteiger partial charge in [-0.1, -0.05) is 18.2 Å². The van der Waals surface area contributed by atoms with Gasteiger partial charge in [-0.3, -0.25) is 4.79 Å². The van der Waals surface area contributed by atoms with Gasteiger partial charge in [-0.2, -0.15) is 0 Å². The van der Waals surface area contributed by atoms with Crippen molar-refractivity contribution in [1.29, 1.82) is 0 Å². The average Bonchev–Trinajstić information content (AvgIpc) is 2.86. The lowest BCUT2D eigenvalue weighted by atomic mass is 9.85. The second-order valence-corrected chi connectivity index (χ2v) is 4.85. The summed E-state index contributed by atoms with van der Waals surface area (Å²) >= 11 is 0. The van der Waals surface area contributed by atoms with Crippen LogP contribution in [0.5, 0.6) is 0 Å². The lowest BCUT2D eigenvalue weighted by Crippen LogP contribution is -2.21. The molecule has 0 saturated heterocycles. The van der Waals surface area contributed by atoms with Crippen LogP contribution in [0.15, 0.2) is 23.8 Å². The van der Waals surface area contributed by atoms with Crippen molar-refractivity contribution in [3.05, 3.63) is 23.8 Å². The van der Waals surface area contributed by atoms with E-state index in [1.807, 2.05) is 12.2 Å². The second kappa shape index (κ2) is 2.97. The zero-order valence-electron chi connectivity index (χ0n) is 8.54. The molecule has 0 amide bonds. The standard InChI is InChI=1S/C12H12O4/c13-11(14)5-3-8-6-1-2-7(9(8)4-5)10(6)12(15)16/h1-3,6-10H,4H2,(H,13,14)(H,15,16). The number of rotatable bonds is 2. The third-order valence-electron chi connectivity index (χ3n) is 4.23. The van der Waals surface area contributed by atoms with Crippen molar-refractivity contribution >= 4 is 11.9 Å². The van der Waals surface area contributed by atoms with E-state index in [1.165, 1.54) is 0 Å². The first-order valence-corrected chi connectivity index (χ1v) is 5.44. The molecule has 0 radical (unpaired) electrons. The maximum Gasteiger partial charge on any atom is 0.331 e. The molecule has 0 heterocycles. The van der Waals surface area contributed by atoms with Gasteiger partial charge in [-0.25, -0.2) is 4.79 Å². The van der Waals surface area contributed by atoms with Gasteiger partial charge < -0.3 is 10.2 Å². The average molecular weight is 220 g/mol. The Labute approximate surface area is 92.3 Å². The maximum atomic E-state index is 11.1. The fourth-order valence-electron chi connectivity index (χ4n) is 3.62. The Kier molecular flexibility index (Phi) is 1.79. The van der Waals surface area contributed by atoms with Gasteiger partial charge in [0.1, 0.15) is 0 Å². The number of carbonyl (C=O) groups is 2. The number of fused-ring (bicyclic) bond motifs is 5. The zero-order valence-corrected chi connectivity index (χ0v) is 8.54. The monoisotopic (exact) mass is 220 g/mol. The van der Waals surface area contributed by atoms with E-state index >= 15 is 0 Å². The molecule has 2 N–H and O–H groups in total. The van der Waals surface area contributed by atoms with Crippen LogP contribution >= 0.6 is 0 Å². The Balaban J connectivity index is 1.92. The minimum atomic E-state index is -0.860. The topological polar surface area (TPSA) is 74.6 Å². The molecule has 3 aliphatic carbocycles. The minimum Gasteiger partial charge on any atom is -0.481 e. The highest BCUT2D eigenvalue weighted by Crippen LogP contribution is 2.57. The third kappa shape index (κ3) is 1.04. The summed E-state index contributed by atoms with van der Waals surface area (Å²) in [6.45, 7) is 0. The van der Waals surface area contributed by atoms with Crippen LogP contribution in [0.25, 0.3) is 0 Å². The first-order valence-electron chi connectivity index (χ1n) is 5.44. The normalized spacial score (nSPS) is 43.2. The van der Waals surface area contributed by atoms with Gasteiger partial charge in [0.15, 0.2) is 0 Å². The van der Waals surface area contributed by atoms with E-state index in [-0.39, 0.29) is 29.6 Å². The van der Waals surface area contributed by atoms with Crippen LogP contribution in [0, 0.1) is 29.6 Å². The van der Waals surface area contributed by atoms with E-state index in [1.54, 1.807) is 6.08 Å². The molecule has 4 nitrogen and oxygen atoms in total. The fraction of sp³-hybridized carbons (Fsp3) is 0.500. The van der Waals surface area contributed by atoms with E-state index < -0.39 is 11.9 Å². The molecule has 84 valence electrons. The Bertz CT molecular complexity index is 434. The smallest absolute Gasteiger partial charge is 0.331 e. The molecule has 0 aromatic carbocycles. The molecule has 0 aromatic rings. The van der Waals surface area contributed by atoms with Gasteiger partial charge in [0.2, 0.25) is 0 Å². The van der Waals surface area contributed by atoms with Crippen LogP contribution in [0.3, 0.4) is 0 Å². The molecular weight excluding hydrogens is 208 g/mol. The summed E-state index contributed by atoms with van der Waals surface area (Å²) in [5.74, 6) is -1.59. The number of carboxylic acid groups (broad SMARTS) is 2. The van der Waals surface area contributed by atoms with Crippen molar-refractivity contribution in [3.8, 4) is 0 Å². The largest absolute Gasteiger partial charge is 0.481 e. The zero-order chi connectivity index (χ0) is 11.4. The van der Waals surface area contributed by atoms with Crippen LogP contribution in [-0.2, 0) is 9.59 Å². The maximum absolute atomic E-state index is 11.1.